The zero-order valence-electron chi connectivity index (χ0n) is 14.2. The van der Waals surface area contributed by atoms with Gasteiger partial charge in [0, 0.05) is 10.9 Å². The second-order valence-corrected chi connectivity index (χ2v) is 6.27. The van der Waals surface area contributed by atoms with Crippen LogP contribution in [0.1, 0.15) is 12.7 Å². The lowest BCUT2D eigenvalue weighted by Gasteiger charge is -2.09. The first-order chi connectivity index (χ1) is 12.0. The number of hydrogen-bond acceptors (Lipinski definition) is 6. The molecule has 0 unspecified atom stereocenters. The highest BCUT2D eigenvalue weighted by Gasteiger charge is 2.17. The molecular formula is C18H18N2O4S. The number of benzene rings is 1. The Morgan fingerprint density at radius 2 is 2.00 bits per heavy atom. The van der Waals surface area contributed by atoms with Gasteiger partial charge in [0.15, 0.2) is 0 Å². The summed E-state index contributed by atoms with van der Waals surface area (Å²) in [6.07, 6.45) is 0. The van der Waals surface area contributed by atoms with Gasteiger partial charge in [-0.25, -0.2) is 4.98 Å². The maximum absolute atomic E-state index is 13.0. The van der Waals surface area contributed by atoms with Crippen LogP contribution in [0.25, 0.3) is 21.3 Å². The van der Waals surface area contributed by atoms with Crippen molar-refractivity contribution in [2.24, 2.45) is 0 Å². The first-order valence-electron chi connectivity index (χ1n) is 7.83. The van der Waals surface area contributed by atoms with E-state index in [-0.39, 0.29) is 18.7 Å². The molecule has 0 aliphatic carbocycles. The number of ether oxygens (including phenoxy) is 2. The zero-order chi connectivity index (χ0) is 18.0. The van der Waals surface area contributed by atoms with E-state index in [2.05, 4.69) is 4.98 Å². The van der Waals surface area contributed by atoms with Crippen molar-refractivity contribution in [3.8, 4) is 16.9 Å². The Balaban J connectivity index is 2.12. The first-order valence-corrected chi connectivity index (χ1v) is 8.71. The maximum Gasteiger partial charge on any atom is 0.326 e. The summed E-state index contributed by atoms with van der Waals surface area (Å²) >= 11 is 1.41. The van der Waals surface area contributed by atoms with E-state index in [0.717, 1.165) is 16.9 Å². The molecule has 0 aliphatic rings. The van der Waals surface area contributed by atoms with Gasteiger partial charge >= 0.3 is 5.97 Å². The van der Waals surface area contributed by atoms with Crippen LogP contribution >= 0.6 is 11.3 Å². The van der Waals surface area contributed by atoms with Crippen molar-refractivity contribution in [1.29, 1.82) is 0 Å². The number of carbonyl (C=O) groups is 1. The molecule has 0 atom stereocenters. The van der Waals surface area contributed by atoms with Crippen molar-refractivity contribution in [3.05, 3.63) is 45.8 Å². The Labute approximate surface area is 148 Å². The highest BCUT2D eigenvalue weighted by molar-refractivity contribution is 7.17. The normalized spacial score (nSPS) is 10.8. The summed E-state index contributed by atoms with van der Waals surface area (Å²) < 4.78 is 11.5. The fourth-order valence-corrected chi connectivity index (χ4v) is 3.61. The van der Waals surface area contributed by atoms with Crippen LogP contribution in [-0.2, 0) is 16.1 Å². The molecule has 2 heterocycles. The van der Waals surface area contributed by atoms with Gasteiger partial charge in [0.2, 0.25) is 0 Å². The Kier molecular flexibility index (Phi) is 4.85. The fourth-order valence-electron chi connectivity index (χ4n) is 2.63. The van der Waals surface area contributed by atoms with E-state index >= 15 is 0 Å². The lowest BCUT2D eigenvalue weighted by Crippen LogP contribution is -2.28. The topological polar surface area (TPSA) is 70.4 Å². The van der Waals surface area contributed by atoms with Crippen LogP contribution in [0.5, 0.6) is 5.75 Å². The smallest absolute Gasteiger partial charge is 0.326 e. The minimum absolute atomic E-state index is 0.140. The Bertz CT molecular complexity index is 973. The molecule has 0 spiro atoms. The van der Waals surface area contributed by atoms with Gasteiger partial charge in [-0.3, -0.25) is 14.2 Å². The first kappa shape index (κ1) is 17.2. The Morgan fingerprint density at radius 1 is 1.28 bits per heavy atom. The summed E-state index contributed by atoms with van der Waals surface area (Å²) in [6, 6.07) is 7.49. The van der Waals surface area contributed by atoms with Gasteiger partial charge in [-0.15, -0.1) is 11.3 Å². The molecule has 25 heavy (non-hydrogen) atoms. The molecule has 1 aromatic carbocycles. The van der Waals surface area contributed by atoms with E-state index in [1.165, 1.54) is 15.9 Å². The zero-order valence-corrected chi connectivity index (χ0v) is 15.1. The summed E-state index contributed by atoms with van der Waals surface area (Å²) in [6.45, 7) is 3.58. The molecule has 0 aliphatic heterocycles. The summed E-state index contributed by atoms with van der Waals surface area (Å²) in [4.78, 5) is 29.9. The van der Waals surface area contributed by atoms with E-state index in [9.17, 15) is 9.59 Å². The van der Waals surface area contributed by atoms with Crippen LogP contribution < -0.4 is 10.3 Å². The molecule has 0 saturated carbocycles. The van der Waals surface area contributed by atoms with Crippen LogP contribution in [0.3, 0.4) is 0 Å². The van der Waals surface area contributed by atoms with Crippen molar-refractivity contribution in [1.82, 2.24) is 9.55 Å². The third-order valence-electron chi connectivity index (χ3n) is 3.88. The van der Waals surface area contributed by atoms with Gasteiger partial charge in [-0.1, -0.05) is 12.1 Å². The van der Waals surface area contributed by atoms with Gasteiger partial charge in [-0.2, -0.15) is 0 Å². The van der Waals surface area contributed by atoms with Crippen LogP contribution in [0.15, 0.2) is 34.4 Å². The van der Waals surface area contributed by atoms with Crippen LogP contribution in [-0.4, -0.2) is 29.2 Å². The van der Waals surface area contributed by atoms with Gasteiger partial charge in [0.1, 0.15) is 22.9 Å². The second-order valence-electron chi connectivity index (χ2n) is 5.41. The highest BCUT2D eigenvalue weighted by atomic mass is 32.1. The fraction of sp³-hybridized carbons (Fsp3) is 0.278. The van der Waals surface area contributed by atoms with E-state index in [1.807, 2.05) is 29.6 Å². The van der Waals surface area contributed by atoms with Crippen LogP contribution in [0, 0.1) is 6.92 Å². The maximum atomic E-state index is 13.0. The molecular weight excluding hydrogens is 340 g/mol. The molecule has 0 N–H and O–H groups in total. The van der Waals surface area contributed by atoms with Crippen molar-refractivity contribution in [3.63, 3.8) is 0 Å². The minimum atomic E-state index is -0.449. The molecule has 6 nitrogen and oxygen atoms in total. The lowest BCUT2D eigenvalue weighted by atomic mass is 10.1. The lowest BCUT2D eigenvalue weighted by molar-refractivity contribution is -0.143. The third-order valence-corrected chi connectivity index (χ3v) is 4.75. The van der Waals surface area contributed by atoms with Crippen LogP contribution in [0.2, 0.25) is 0 Å². The largest absolute Gasteiger partial charge is 0.497 e. The monoisotopic (exact) mass is 358 g/mol. The number of esters is 1. The van der Waals surface area contributed by atoms with Gasteiger partial charge in [0.05, 0.1) is 19.1 Å². The van der Waals surface area contributed by atoms with E-state index in [1.54, 1.807) is 21.0 Å². The standard InChI is InChI=1S/C18H18N2O4S/c1-4-24-15(21)9-20-11(2)19-17-16(18(20)22)14(10-25-17)12-5-7-13(23-3)8-6-12/h5-8,10H,4,9H2,1-3H3. The van der Waals surface area contributed by atoms with Crippen LogP contribution in [0.4, 0.5) is 0 Å². The average molecular weight is 358 g/mol. The molecule has 2 aromatic heterocycles. The van der Waals surface area contributed by atoms with Crippen molar-refractivity contribution in [2.45, 2.75) is 20.4 Å². The van der Waals surface area contributed by atoms with E-state index in [0.29, 0.717) is 16.0 Å². The molecule has 130 valence electrons. The second kappa shape index (κ2) is 7.06. The molecule has 3 aromatic rings. The number of aromatic nitrogens is 2. The van der Waals surface area contributed by atoms with Gasteiger partial charge in [0.25, 0.3) is 5.56 Å². The van der Waals surface area contributed by atoms with Gasteiger partial charge in [-0.05, 0) is 31.5 Å². The summed E-state index contributed by atoms with van der Waals surface area (Å²) in [5.74, 6) is 0.792. The SMILES string of the molecule is CCOC(=O)Cn1c(C)nc2scc(-c3ccc(OC)cc3)c2c1=O. The number of methoxy groups -OCH3 is 1. The quantitative estimate of drug-likeness (QED) is 0.656. The highest BCUT2D eigenvalue weighted by Crippen LogP contribution is 2.31. The minimum Gasteiger partial charge on any atom is -0.497 e. The van der Waals surface area contributed by atoms with Gasteiger partial charge < -0.3 is 9.47 Å². The molecule has 0 fully saturated rings. The van der Waals surface area contributed by atoms with Crippen molar-refractivity contribution >= 4 is 27.5 Å². The van der Waals surface area contributed by atoms with E-state index < -0.39 is 5.97 Å². The number of hydrogen-bond donors (Lipinski definition) is 0. The number of nitrogens with zero attached hydrogens (tertiary/aromatic N) is 2. The average Bonchev–Trinajstić information content (AvgIpc) is 3.02. The van der Waals surface area contributed by atoms with E-state index in [4.69, 9.17) is 9.47 Å². The number of aryl methyl sites for hydroxylation is 1. The molecule has 0 amide bonds. The number of thiophene rings is 1. The Hall–Kier alpha value is -2.67. The molecule has 0 bridgehead atoms. The molecule has 3 rings (SSSR count). The number of carbonyl (C=O) groups excluding carboxylic acids is 1. The number of fused-ring (bicyclic) bond motifs is 1. The summed E-state index contributed by atoms with van der Waals surface area (Å²) in [5.41, 5.74) is 1.47. The summed E-state index contributed by atoms with van der Waals surface area (Å²) in [7, 11) is 1.61. The molecule has 0 saturated heterocycles. The number of rotatable bonds is 5. The predicted octanol–water partition coefficient (Wildman–Crippen LogP) is 3.01. The summed E-state index contributed by atoms with van der Waals surface area (Å²) in [5, 5.41) is 2.43. The van der Waals surface area contributed by atoms with Crippen molar-refractivity contribution in [2.75, 3.05) is 13.7 Å². The third kappa shape index (κ3) is 3.28. The molecule has 7 heteroatoms. The Morgan fingerprint density at radius 3 is 2.64 bits per heavy atom. The van der Waals surface area contributed by atoms with Crippen molar-refractivity contribution < 1.29 is 14.3 Å². The predicted molar refractivity (Wildman–Crippen MR) is 97.2 cm³/mol. The molecule has 0 radical (unpaired) electrons.